The van der Waals surface area contributed by atoms with Crippen molar-refractivity contribution in [2.75, 3.05) is 6.54 Å². The number of carbonyl (C=O) groups is 2. The first-order valence-electron chi connectivity index (χ1n) is 6.66. The van der Waals surface area contributed by atoms with Crippen molar-refractivity contribution in [2.45, 2.75) is 32.3 Å². The predicted octanol–water partition coefficient (Wildman–Crippen LogP) is 1.72. The highest BCUT2D eigenvalue weighted by molar-refractivity contribution is 5.98. The summed E-state index contributed by atoms with van der Waals surface area (Å²) in [5.41, 5.74) is 1.77. The fourth-order valence-electron chi connectivity index (χ4n) is 2.22. The minimum atomic E-state index is -0.653. The van der Waals surface area contributed by atoms with Gasteiger partial charge in [0.1, 0.15) is 5.75 Å². The highest BCUT2D eigenvalue weighted by atomic mass is 16.5. The molecule has 0 aromatic heterocycles. The molecule has 2 rings (SSSR count). The van der Waals surface area contributed by atoms with Gasteiger partial charge in [-0.1, -0.05) is 12.0 Å². The van der Waals surface area contributed by atoms with Crippen molar-refractivity contribution in [1.29, 1.82) is 0 Å². The lowest BCUT2D eigenvalue weighted by Gasteiger charge is -2.18. The van der Waals surface area contributed by atoms with Crippen LogP contribution in [0.1, 0.15) is 35.7 Å². The molecule has 0 heterocycles. The van der Waals surface area contributed by atoms with Crippen molar-refractivity contribution in [3.8, 4) is 18.1 Å². The summed E-state index contributed by atoms with van der Waals surface area (Å²) in [6.07, 6.45) is 6.82. The van der Waals surface area contributed by atoms with Crippen molar-refractivity contribution >= 4 is 11.7 Å². The summed E-state index contributed by atoms with van der Waals surface area (Å²) in [6, 6.07) is 5.41. The summed E-state index contributed by atoms with van der Waals surface area (Å²) in [7, 11) is 0. The number of rotatable bonds is 4. The summed E-state index contributed by atoms with van der Waals surface area (Å²) < 4.78 is 5.55. The molecule has 1 aromatic rings. The van der Waals surface area contributed by atoms with E-state index in [0.29, 0.717) is 17.7 Å². The molecule has 1 amide bonds. The largest absolute Gasteiger partial charge is 0.481 e. The molecular formula is C16H17NO3. The Labute approximate surface area is 118 Å². The van der Waals surface area contributed by atoms with E-state index in [-0.39, 0.29) is 18.2 Å². The van der Waals surface area contributed by atoms with Gasteiger partial charge >= 0.3 is 0 Å². The normalized spacial score (nSPS) is 14.9. The molecule has 1 aromatic carbocycles. The summed E-state index contributed by atoms with van der Waals surface area (Å²) in [6.45, 7) is 1.82. The molecule has 104 valence electrons. The molecule has 20 heavy (non-hydrogen) atoms. The van der Waals surface area contributed by atoms with E-state index in [9.17, 15) is 9.59 Å². The molecule has 1 N–H and O–H groups in total. The number of aryl methyl sites for hydroxylation is 1. The van der Waals surface area contributed by atoms with Crippen molar-refractivity contribution in [3.63, 3.8) is 0 Å². The zero-order valence-electron chi connectivity index (χ0n) is 11.4. The number of ether oxygens (including phenoxy) is 1. The van der Waals surface area contributed by atoms with Gasteiger partial charge in [-0.15, -0.1) is 6.42 Å². The number of ketones is 1. The van der Waals surface area contributed by atoms with Gasteiger partial charge in [-0.3, -0.25) is 9.59 Å². The number of hydrogen-bond acceptors (Lipinski definition) is 3. The number of hydrogen-bond donors (Lipinski definition) is 1. The van der Waals surface area contributed by atoms with Crippen LogP contribution < -0.4 is 10.1 Å². The molecule has 0 saturated carbocycles. The van der Waals surface area contributed by atoms with Crippen molar-refractivity contribution < 1.29 is 14.3 Å². The third kappa shape index (κ3) is 3.18. The maximum Gasteiger partial charge on any atom is 0.261 e. The third-order valence-corrected chi connectivity index (χ3v) is 3.28. The predicted molar refractivity (Wildman–Crippen MR) is 75.6 cm³/mol. The number of terminal acetylenes is 1. The second-order valence-corrected chi connectivity index (χ2v) is 4.78. The van der Waals surface area contributed by atoms with E-state index in [1.54, 1.807) is 19.1 Å². The van der Waals surface area contributed by atoms with Crippen LogP contribution in [0.15, 0.2) is 18.2 Å². The molecule has 0 aliphatic heterocycles. The maximum absolute atomic E-state index is 11.8. The number of benzene rings is 1. The Bertz CT molecular complexity index is 572. The van der Waals surface area contributed by atoms with E-state index in [1.165, 1.54) is 0 Å². The minimum Gasteiger partial charge on any atom is -0.481 e. The lowest BCUT2D eigenvalue weighted by molar-refractivity contribution is -0.126. The van der Waals surface area contributed by atoms with E-state index in [0.717, 1.165) is 18.4 Å². The number of amides is 1. The van der Waals surface area contributed by atoms with Gasteiger partial charge in [0.15, 0.2) is 11.9 Å². The summed E-state index contributed by atoms with van der Waals surface area (Å²) in [5.74, 6) is 2.73. The summed E-state index contributed by atoms with van der Waals surface area (Å²) in [5, 5.41) is 2.56. The number of nitrogens with one attached hydrogen (secondary N) is 1. The molecule has 1 unspecified atom stereocenters. The van der Waals surface area contributed by atoms with Gasteiger partial charge in [-0.2, -0.15) is 0 Å². The van der Waals surface area contributed by atoms with Gasteiger partial charge in [-0.25, -0.2) is 0 Å². The zero-order valence-corrected chi connectivity index (χ0v) is 11.4. The van der Waals surface area contributed by atoms with Crippen LogP contribution in [-0.2, 0) is 11.2 Å². The first kappa shape index (κ1) is 14.1. The van der Waals surface area contributed by atoms with Crippen molar-refractivity contribution in [2.24, 2.45) is 0 Å². The van der Waals surface area contributed by atoms with Crippen LogP contribution in [-0.4, -0.2) is 24.3 Å². The molecule has 0 fully saturated rings. The summed E-state index contributed by atoms with van der Waals surface area (Å²) in [4.78, 5) is 23.5. The average Bonchev–Trinajstić information content (AvgIpc) is 2.45. The fourth-order valence-corrected chi connectivity index (χ4v) is 2.22. The molecule has 0 saturated heterocycles. The maximum atomic E-state index is 11.8. The smallest absolute Gasteiger partial charge is 0.261 e. The Morgan fingerprint density at radius 2 is 2.30 bits per heavy atom. The first-order chi connectivity index (χ1) is 9.61. The molecule has 4 nitrogen and oxygen atoms in total. The number of carbonyl (C=O) groups excluding carboxylic acids is 2. The standard InChI is InChI=1S/C16H17NO3/c1-3-9-17-16(19)11(2)20-13-8-7-12-5-4-6-15(18)14(12)10-13/h1,7-8,10-11H,4-6,9H2,2H3,(H,17,19). The second-order valence-electron chi connectivity index (χ2n) is 4.78. The number of fused-ring (bicyclic) bond motifs is 1. The van der Waals surface area contributed by atoms with Crippen molar-refractivity contribution in [1.82, 2.24) is 5.32 Å². The summed E-state index contributed by atoms with van der Waals surface area (Å²) >= 11 is 0. The molecule has 0 spiro atoms. The van der Waals surface area contributed by atoms with E-state index >= 15 is 0 Å². The van der Waals surface area contributed by atoms with Crippen LogP contribution in [0, 0.1) is 12.3 Å². The van der Waals surface area contributed by atoms with Crippen LogP contribution in [0.3, 0.4) is 0 Å². The van der Waals surface area contributed by atoms with Gasteiger partial charge in [0.25, 0.3) is 5.91 Å². The Morgan fingerprint density at radius 1 is 1.50 bits per heavy atom. The second kappa shape index (κ2) is 6.25. The number of Topliss-reactive ketones (excluding diaryl/α,β-unsaturated/α-hetero) is 1. The first-order valence-corrected chi connectivity index (χ1v) is 6.66. The van der Waals surface area contributed by atoms with E-state index in [2.05, 4.69) is 11.2 Å². The lowest BCUT2D eigenvalue weighted by atomic mass is 9.90. The zero-order chi connectivity index (χ0) is 14.5. The molecule has 1 aliphatic carbocycles. The quantitative estimate of drug-likeness (QED) is 0.848. The highest BCUT2D eigenvalue weighted by Gasteiger charge is 2.19. The third-order valence-electron chi connectivity index (χ3n) is 3.28. The van der Waals surface area contributed by atoms with Gasteiger partial charge < -0.3 is 10.1 Å². The van der Waals surface area contributed by atoms with Crippen LogP contribution in [0.2, 0.25) is 0 Å². The van der Waals surface area contributed by atoms with Gasteiger partial charge in [0.05, 0.1) is 6.54 Å². The van der Waals surface area contributed by atoms with E-state index < -0.39 is 6.10 Å². The van der Waals surface area contributed by atoms with Gasteiger partial charge in [-0.05, 0) is 37.5 Å². The van der Waals surface area contributed by atoms with Crippen LogP contribution in [0.4, 0.5) is 0 Å². The minimum absolute atomic E-state index is 0.140. The SMILES string of the molecule is C#CCNC(=O)C(C)Oc1ccc2c(c1)C(=O)CCC2. The Morgan fingerprint density at radius 3 is 3.05 bits per heavy atom. The molecule has 1 atom stereocenters. The van der Waals surface area contributed by atoms with Crippen LogP contribution in [0.5, 0.6) is 5.75 Å². The lowest BCUT2D eigenvalue weighted by Crippen LogP contribution is -2.36. The monoisotopic (exact) mass is 271 g/mol. The molecule has 0 radical (unpaired) electrons. The average molecular weight is 271 g/mol. The van der Waals surface area contributed by atoms with Gasteiger partial charge in [0.2, 0.25) is 0 Å². The Balaban J connectivity index is 2.07. The van der Waals surface area contributed by atoms with Crippen LogP contribution >= 0.6 is 0 Å². The molecule has 1 aliphatic rings. The molecule has 0 bridgehead atoms. The molecular weight excluding hydrogens is 254 g/mol. The Hall–Kier alpha value is -2.28. The molecule has 4 heteroatoms. The highest BCUT2D eigenvalue weighted by Crippen LogP contribution is 2.25. The van der Waals surface area contributed by atoms with Gasteiger partial charge in [0, 0.05) is 12.0 Å². The van der Waals surface area contributed by atoms with E-state index in [4.69, 9.17) is 11.2 Å². The topological polar surface area (TPSA) is 55.4 Å². The van der Waals surface area contributed by atoms with E-state index in [1.807, 2.05) is 6.07 Å². The van der Waals surface area contributed by atoms with Crippen LogP contribution in [0.25, 0.3) is 0 Å². The fraction of sp³-hybridized carbons (Fsp3) is 0.375. The Kier molecular flexibility index (Phi) is 4.41. The van der Waals surface area contributed by atoms with Crippen molar-refractivity contribution in [3.05, 3.63) is 29.3 Å².